The maximum Gasteiger partial charge on any atom is 0.387 e. The first-order valence-electron chi connectivity index (χ1n) is 3.77. The molecule has 15 heavy (non-hydrogen) atoms. The largest absolute Gasteiger partial charge is 0.478 e. The van der Waals surface area contributed by atoms with Gasteiger partial charge in [0, 0.05) is 0 Å². The average Bonchev–Trinajstić information content (AvgIpc) is 2.17. The third-order valence-corrected chi connectivity index (χ3v) is 1.56. The zero-order chi connectivity index (χ0) is 11.4. The molecule has 0 saturated heterocycles. The first-order valence-corrected chi connectivity index (χ1v) is 3.77. The molecule has 0 atom stereocenters. The van der Waals surface area contributed by atoms with E-state index < -0.39 is 12.6 Å². The van der Waals surface area contributed by atoms with Crippen LogP contribution in [0.5, 0.6) is 5.75 Å². The molecule has 1 aromatic carbocycles. The zero-order valence-electron chi connectivity index (χ0n) is 7.28. The fraction of sp³-hybridized carbons (Fsp3) is 0.111. The van der Waals surface area contributed by atoms with Gasteiger partial charge in [-0.3, -0.25) is 0 Å². The van der Waals surface area contributed by atoms with Crippen LogP contribution < -0.4 is 4.74 Å². The molecule has 0 aromatic heterocycles. The number of alkyl halides is 2. The topological polar surface area (TPSA) is 70.3 Å². The fourth-order valence-electron chi connectivity index (χ4n) is 0.949. The summed E-state index contributed by atoms with van der Waals surface area (Å²) < 4.78 is 27.7. The molecule has 0 saturated carbocycles. The summed E-state index contributed by atoms with van der Waals surface area (Å²) in [5.41, 5.74) is -0.400. The Morgan fingerprint density at radius 2 is 2.20 bits per heavy atom. The van der Waals surface area contributed by atoms with E-state index in [0.29, 0.717) is 0 Å². The second-order valence-electron chi connectivity index (χ2n) is 2.51. The summed E-state index contributed by atoms with van der Waals surface area (Å²) >= 11 is 0. The number of halogens is 2. The number of carboxylic acid groups (broad SMARTS) is 1. The molecule has 0 amide bonds. The number of benzene rings is 1. The monoisotopic (exact) mass is 213 g/mol. The molecule has 78 valence electrons. The summed E-state index contributed by atoms with van der Waals surface area (Å²) in [6, 6.07) is 4.65. The highest BCUT2D eigenvalue weighted by molar-refractivity contribution is 5.88. The van der Waals surface area contributed by atoms with Crippen molar-refractivity contribution in [3.05, 3.63) is 29.3 Å². The number of hydrogen-bond acceptors (Lipinski definition) is 3. The van der Waals surface area contributed by atoms with Gasteiger partial charge in [-0.25, -0.2) is 4.79 Å². The van der Waals surface area contributed by atoms with Crippen molar-refractivity contribution < 1.29 is 23.4 Å². The summed E-state index contributed by atoms with van der Waals surface area (Å²) in [6.45, 7) is -3.05. The minimum absolute atomic E-state index is 0.159. The predicted octanol–water partition coefficient (Wildman–Crippen LogP) is 1.86. The van der Waals surface area contributed by atoms with Crippen LogP contribution >= 0.6 is 0 Å². The summed E-state index contributed by atoms with van der Waals surface area (Å²) in [5, 5.41) is 17.1. The molecule has 0 fully saturated rings. The van der Waals surface area contributed by atoms with Crippen LogP contribution in [-0.2, 0) is 0 Å². The highest BCUT2D eigenvalue weighted by Gasteiger charge is 2.12. The maximum absolute atomic E-state index is 11.8. The molecule has 0 aliphatic carbocycles. The van der Waals surface area contributed by atoms with Gasteiger partial charge in [0.1, 0.15) is 11.8 Å². The molecule has 0 aliphatic heterocycles. The molecule has 0 unspecified atom stereocenters. The van der Waals surface area contributed by atoms with Gasteiger partial charge in [-0.2, -0.15) is 14.0 Å². The molecule has 0 heterocycles. The van der Waals surface area contributed by atoms with Crippen LogP contribution in [0.15, 0.2) is 18.2 Å². The van der Waals surface area contributed by atoms with E-state index in [4.69, 9.17) is 10.4 Å². The lowest BCUT2D eigenvalue weighted by atomic mass is 10.1. The van der Waals surface area contributed by atoms with Crippen molar-refractivity contribution >= 4 is 5.97 Å². The summed E-state index contributed by atoms with van der Waals surface area (Å²) in [6.07, 6.45) is 0. The molecule has 0 radical (unpaired) electrons. The average molecular weight is 213 g/mol. The lowest BCUT2D eigenvalue weighted by molar-refractivity contribution is -0.0500. The molecule has 0 bridgehead atoms. The molecule has 0 aliphatic rings. The van der Waals surface area contributed by atoms with Gasteiger partial charge in [-0.1, -0.05) is 0 Å². The van der Waals surface area contributed by atoms with Gasteiger partial charge in [-0.05, 0) is 18.2 Å². The second kappa shape index (κ2) is 4.37. The second-order valence-corrected chi connectivity index (χ2v) is 2.51. The number of aromatic carboxylic acids is 1. The van der Waals surface area contributed by atoms with Gasteiger partial charge in [0.15, 0.2) is 0 Å². The van der Waals surface area contributed by atoms with Crippen LogP contribution in [0.25, 0.3) is 0 Å². The lowest BCUT2D eigenvalue weighted by Gasteiger charge is -2.06. The lowest BCUT2D eigenvalue weighted by Crippen LogP contribution is -2.05. The van der Waals surface area contributed by atoms with Crippen molar-refractivity contribution in [1.82, 2.24) is 0 Å². The first kappa shape index (κ1) is 10.9. The SMILES string of the molecule is N#Cc1cc(C(=O)O)ccc1OC(F)F. The normalized spacial score (nSPS) is 9.73. The molecular weight excluding hydrogens is 208 g/mol. The van der Waals surface area contributed by atoms with E-state index in [-0.39, 0.29) is 16.9 Å². The Hall–Kier alpha value is -2.16. The van der Waals surface area contributed by atoms with E-state index in [9.17, 15) is 13.6 Å². The predicted molar refractivity (Wildman–Crippen MR) is 44.7 cm³/mol. The van der Waals surface area contributed by atoms with Gasteiger partial charge in [0.05, 0.1) is 11.1 Å². The molecule has 1 aromatic rings. The number of nitriles is 1. The van der Waals surface area contributed by atoms with E-state index in [1.54, 1.807) is 6.07 Å². The van der Waals surface area contributed by atoms with E-state index in [1.807, 2.05) is 0 Å². The number of nitrogens with zero attached hydrogens (tertiary/aromatic N) is 1. The molecule has 1 N–H and O–H groups in total. The number of hydrogen-bond donors (Lipinski definition) is 1. The molecule has 4 nitrogen and oxygen atoms in total. The van der Waals surface area contributed by atoms with Crippen LogP contribution in [0.2, 0.25) is 0 Å². The summed E-state index contributed by atoms with van der Waals surface area (Å²) in [4.78, 5) is 10.5. The Kier molecular flexibility index (Phi) is 3.18. The van der Waals surface area contributed by atoms with Gasteiger partial charge >= 0.3 is 12.6 Å². The van der Waals surface area contributed by atoms with Gasteiger partial charge in [-0.15, -0.1) is 0 Å². The van der Waals surface area contributed by atoms with Crippen molar-refractivity contribution in [2.24, 2.45) is 0 Å². The number of rotatable bonds is 3. The van der Waals surface area contributed by atoms with Gasteiger partial charge < -0.3 is 9.84 Å². The van der Waals surface area contributed by atoms with Crippen LogP contribution in [0.1, 0.15) is 15.9 Å². The quantitative estimate of drug-likeness (QED) is 0.831. The first-order chi connectivity index (χ1) is 7.04. The van der Waals surface area contributed by atoms with Crippen LogP contribution in [0.3, 0.4) is 0 Å². The van der Waals surface area contributed by atoms with Gasteiger partial charge in [0.2, 0.25) is 0 Å². The fourth-order valence-corrected chi connectivity index (χ4v) is 0.949. The Morgan fingerprint density at radius 1 is 1.53 bits per heavy atom. The smallest absolute Gasteiger partial charge is 0.387 e. The summed E-state index contributed by atoms with van der Waals surface area (Å²) in [5.74, 6) is -1.58. The minimum atomic E-state index is -3.05. The molecule has 1 rings (SSSR count). The van der Waals surface area contributed by atoms with Crippen molar-refractivity contribution in [3.63, 3.8) is 0 Å². The Bertz CT molecular complexity index is 426. The molecular formula is C9H5F2NO3. The number of carbonyl (C=O) groups is 1. The number of carboxylic acids is 1. The van der Waals surface area contributed by atoms with Crippen molar-refractivity contribution in [3.8, 4) is 11.8 Å². The third kappa shape index (κ3) is 2.64. The zero-order valence-corrected chi connectivity index (χ0v) is 7.28. The van der Waals surface area contributed by atoms with E-state index in [0.717, 1.165) is 18.2 Å². The molecule has 0 spiro atoms. The van der Waals surface area contributed by atoms with Crippen LogP contribution in [0.4, 0.5) is 8.78 Å². The van der Waals surface area contributed by atoms with E-state index in [2.05, 4.69) is 4.74 Å². The maximum atomic E-state index is 11.8. The summed E-state index contributed by atoms with van der Waals surface area (Å²) in [7, 11) is 0. The van der Waals surface area contributed by atoms with Crippen LogP contribution in [-0.4, -0.2) is 17.7 Å². The Balaban J connectivity index is 3.11. The highest BCUT2D eigenvalue weighted by atomic mass is 19.3. The van der Waals surface area contributed by atoms with Crippen molar-refractivity contribution in [2.45, 2.75) is 6.61 Å². The van der Waals surface area contributed by atoms with Gasteiger partial charge in [0.25, 0.3) is 0 Å². The standard InChI is InChI=1S/C9H5F2NO3/c10-9(11)15-7-2-1-5(8(13)14)3-6(7)4-12/h1-3,9H,(H,13,14). The van der Waals surface area contributed by atoms with E-state index >= 15 is 0 Å². The molecule has 6 heteroatoms. The minimum Gasteiger partial charge on any atom is -0.478 e. The number of ether oxygens (including phenoxy) is 1. The Labute approximate surface area is 83.3 Å². The Morgan fingerprint density at radius 3 is 2.67 bits per heavy atom. The van der Waals surface area contributed by atoms with Crippen molar-refractivity contribution in [2.75, 3.05) is 0 Å². The van der Waals surface area contributed by atoms with E-state index in [1.165, 1.54) is 0 Å². The highest BCUT2D eigenvalue weighted by Crippen LogP contribution is 2.21. The van der Waals surface area contributed by atoms with Crippen molar-refractivity contribution in [1.29, 1.82) is 5.26 Å². The third-order valence-electron chi connectivity index (χ3n) is 1.56. The van der Waals surface area contributed by atoms with Crippen LogP contribution in [0, 0.1) is 11.3 Å².